The van der Waals surface area contributed by atoms with Gasteiger partial charge in [0, 0.05) is 5.56 Å². The summed E-state index contributed by atoms with van der Waals surface area (Å²) >= 11 is 0. The van der Waals surface area contributed by atoms with E-state index in [2.05, 4.69) is 31.2 Å². The summed E-state index contributed by atoms with van der Waals surface area (Å²) in [5.41, 5.74) is 6.23. The van der Waals surface area contributed by atoms with Crippen LogP contribution in [0, 0.1) is 18.7 Å². The van der Waals surface area contributed by atoms with E-state index < -0.39 is 0 Å². The molecule has 0 nitrogen and oxygen atoms in total. The van der Waals surface area contributed by atoms with Crippen molar-refractivity contribution in [2.45, 2.75) is 51.9 Å². The zero-order valence-electron chi connectivity index (χ0n) is 16.9. The minimum atomic E-state index is -0.164. The predicted octanol–water partition coefficient (Wildman–Crippen LogP) is 8.15. The van der Waals surface area contributed by atoms with E-state index in [4.69, 9.17) is 0 Å². The first-order chi connectivity index (χ1) is 13.6. The van der Waals surface area contributed by atoms with E-state index in [1.165, 1.54) is 43.2 Å². The van der Waals surface area contributed by atoms with E-state index in [0.717, 1.165) is 22.6 Å². The first kappa shape index (κ1) is 18.9. The number of hydrogen-bond donors (Lipinski definition) is 0. The number of benzene rings is 3. The Labute approximate surface area is 168 Å². The summed E-state index contributed by atoms with van der Waals surface area (Å²) in [5, 5.41) is 0. The quantitative estimate of drug-likeness (QED) is 0.433. The van der Waals surface area contributed by atoms with E-state index in [-0.39, 0.29) is 5.82 Å². The maximum atomic E-state index is 14.8. The summed E-state index contributed by atoms with van der Waals surface area (Å²) < 4.78 is 14.8. The van der Waals surface area contributed by atoms with Crippen molar-refractivity contribution in [2.24, 2.45) is 5.92 Å². The summed E-state index contributed by atoms with van der Waals surface area (Å²) in [6.45, 7) is 4.35. The lowest BCUT2D eigenvalue weighted by atomic mass is 9.77. The first-order valence-corrected chi connectivity index (χ1v) is 10.6. The third-order valence-electron chi connectivity index (χ3n) is 6.47. The summed E-state index contributed by atoms with van der Waals surface area (Å²) in [6, 6.07) is 22.4. The topological polar surface area (TPSA) is 0 Å². The van der Waals surface area contributed by atoms with Gasteiger partial charge in [-0.05, 0) is 72.8 Å². The van der Waals surface area contributed by atoms with Crippen LogP contribution in [0.4, 0.5) is 4.39 Å². The Morgan fingerprint density at radius 1 is 0.750 bits per heavy atom. The Morgan fingerprint density at radius 2 is 1.36 bits per heavy atom. The molecule has 1 fully saturated rings. The second kappa shape index (κ2) is 8.31. The summed E-state index contributed by atoms with van der Waals surface area (Å²) in [7, 11) is 0. The molecular formula is C27H29F. The lowest BCUT2D eigenvalue weighted by Gasteiger charge is -2.28. The molecule has 1 saturated carbocycles. The monoisotopic (exact) mass is 372 g/mol. The van der Waals surface area contributed by atoms with E-state index >= 15 is 0 Å². The molecule has 0 aromatic heterocycles. The van der Waals surface area contributed by atoms with Gasteiger partial charge in [-0.1, -0.05) is 79.6 Å². The molecule has 3 aromatic rings. The van der Waals surface area contributed by atoms with Crippen LogP contribution in [0.3, 0.4) is 0 Å². The summed E-state index contributed by atoms with van der Waals surface area (Å²) in [4.78, 5) is 0. The highest BCUT2D eigenvalue weighted by Gasteiger charge is 2.21. The zero-order chi connectivity index (χ0) is 19.5. The summed E-state index contributed by atoms with van der Waals surface area (Å²) in [6.07, 6.45) is 6.63. The van der Waals surface area contributed by atoms with Crippen LogP contribution >= 0.6 is 0 Å². The highest BCUT2D eigenvalue weighted by molar-refractivity contribution is 5.71. The van der Waals surface area contributed by atoms with Crippen molar-refractivity contribution in [3.05, 3.63) is 83.7 Å². The molecule has 0 heterocycles. The van der Waals surface area contributed by atoms with Gasteiger partial charge in [0.1, 0.15) is 5.82 Å². The van der Waals surface area contributed by atoms with E-state index in [0.29, 0.717) is 11.5 Å². The second-order valence-corrected chi connectivity index (χ2v) is 8.31. The molecule has 0 spiro atoms. The number of aryl methyl sites for hydroxylation is 1. The normalized spacial score (nSPS) is 19.5. The molecule has 0 bridgehead atoms. The van der Waals surface area contributed by atoms with Crippen LogP contribution in [0.25, 0.3) is 22.3 Å². The van der Waals surface area contributed by atoms with Crippen molar-refractivity contribution in [1.29, 1.82) is 0 Å². The lowest BCUT2D eigenvalue weighted by Crippen LogP contribution is -2.12. The van der Waals surface area contributed by atoms with Gasteiger partial charge in [-0.15, -0.1) is 0 Å². The van der Waals surface area contributed by atoms with Crippen LogP contribution < -0.4 is 0 Å². The highest BCUT2D eigenvalue weighted by atomic mass is 19.1. The van der Waals surface area contributed by atoms with Gasteiger partial charge in [-0.3, -0.25) is 0 Å². The minimum Gasteiger partial charge on any atom is -0.206 e. The van der Waals surface area contributed by atoms with E-state index in [9.17, 15) is 4.39 Å². The van der Waals surface area contributed by atoms with Gasteiger partial charge in [0.2, 0.25) is 0 Å². The van der Waals surface area contributed by atoms with Gasteiger partial charge in [-0.25, -0.2) is 4.39 Å². The van der Waals surface area contributed by atoms with Crippen molar-refractivity contribution in [3.8, 4) is 22.3 Å². The number of hydrogen-bond acceptors (Lipinski definition) is 0. The maximum Gasteiger partial charge on any atom is 0.131 e. The molecule has 4 rings (SSSR count). The molecule has 144 valence electrons. The van der Waals surface area contributed by atoms with Crippen LogP contribution in [-0.2, 0) is 0 Å². The second-order valence-electron chi connectivity index (χ2n) is 8.31. The number of rotatable bonds is 4. The molecule has 0 N–H and O–H groups in total. The molecule has 1 aliphatic rings. The van der Waals surface area contributed by atoms with Crippen LogP contribution in [0.1, 0.15) is 56.1 Å². The van der Waals surface area contributed by atoms with Crippen LogP contribution in [0.2, 0.25) is 0 Å². The maximum absolute atomic E-state index is 14.8. The largest absolute Gasteiger partial charge is 0.206 e. The lowest BCUT2D eigenvalue weighted by molar-refractivity contribution is 0.319. The average Bonchev–Trinajstić information content (AvgIpc) is 2.75. The third kappa shape index (κ3) is 4.04. The van der Waals surface area contributed by atoms with Gasteiger partial charge in [0.05, 0.1) is 0 Å². The average molecular weight is 373 g/mol. The Balaban J connectivity index is 1.51. The fourth-order valence-electron chi connectivity index (χ4n) is 4.51. The molecule has 0 radical (unpaired) electrons. The van der Waals surface area contributed by atoms with Gasteiger partial charge in [0.15, 0.2) is 0 Å². The molecule has 0 atom stereocenters. The van der Waals surface area contributed by atoms with Gasteiger partial charge in [-0.2, -0.15) is 0 Å². The SMILES string of the molecule is CCC1CCC(c2ccc(-c3ccc(-c4ccc(C)cc4)c(F)c3)cc2)CC1. The highest BCUT2D eigenvalue weighted by Crippen LogP contribution is 2.37. The molecule has 0 saturated heterocycles. The molecule has 0 unspecified atom stereocenters. The van der Waals surface area contributed by atoms with Crippen LogP contribution in [0.15, 0.2) is 66.7 Å². The number of halogens is 1. The molecule has 28 heavy (non-hydrogen) atoms. The molecule has 0 aliphatic heterocycles. The van der Waals surface area contributed by atoms with E-state index in [1.807, 2.05) is 43.3 Å². The molecule has 0 amide bonds. The fourth-order valence-corrected chi connectivity index (χ4v) is 4.51. The van der Waals surface area contributed by atoms with Crippen molar-refractivity contribution < 1.29 is 4.39 Å². The standard InChI is InChI=1S/C27H29F/c1-3-20-6-10-21(11-7-20)22-12-14-23(15-13-22)25-16-17-26(27(28)18-25)24-8-4-19(2)5-9-24/h4-5,8-9,12-18,20-21H,3,6-7,10-11H2,1-2H3. The van der Waals surface area contributed by atoms with Crippen molar-refractivity contribution in [2.75, 3.05) is 0 Å². The van der Waals surface area contributed by atoms with Crippen LogP contribution in [-0.4, -0.2) is 0 Å². The Hall–Kier alpha value is -2.41. The molecular weight excluding hydrogens is 343 g/mol. The third-order valence-corrected chi connectivity index (χ3v) is 6.47. The van der Waals surface area contributed by atoms with Gasteiger partial charge < -0.3 is 0 Å². The minimum absolute atomic E-state index is 0.164. The Morgan fingerprint density at radius 3 is 1.96 bits per heavy atom. The van der Waals surface area contributed by atoms with Gasteiger partial charge >= 0.3 is 0 Å². The van der Waals surface area contributed by atoms with Crippen LogP contribution in [0.5, 0.6) is 0 Å². The van der Waals surface area contributed by atoms with Crippen molar-refractivity contribution in [3.63, 3.8) is 0 Å². The smallest absolute Gasteiger partial charge is 0.131 e. The molecule has 1 heteroatoms. The van der Waals surface area contributed by atoms with Crippen molar-refractivity contribution >= 4 is 0 Å². The van der Waals surface area contributed by atoms with Gasteiger partial charge in [0.25, 0.3) is 0 Å². The Bertz CT molecular complexity index is 913. The molecule has 3 aromatic carbocycles. The summed E-state index contributed by atoms with van der Waals surface area (Å²) in [5.74, 6) is 1.45. The predicted molar refractivity (Wildman–Crippen MR) is 117 cm³/mol. The fraction of sp³-hybridized carbons (Fsp3) is 0.333. The Kier molecular flexibility index (Phi) is 5.62. The first-order valence-electron chi connectivity index (χ1n) is 10.6. The molecule has 1 aliphatic carbocycles. The van der Waals surface area contributed by atoms with Crippen molar-refractivity contribution in [1.82, 2.24) is 0 Å². The zero-order valence-corrected chi connectivity index (χ0v) is 16.9. The van der Waals surface area contributed by atoms with E-state index in [1.54, 1.807) is 6.07 Å².